The number of aromatic nitrogens is 2. The van der Waals surface area contributed by atoms with Crippen LogP contribution in [0.25, 0.3) is 44.1 Å². The number of aryl methyl sites for hydroxylation is 2. The maximum atomic E-state index is 10.3. The number of alkyl halides is 4. The van der Waals surface area contributed by atoms with Crippen LogP contribution in [0.5, 0.6) is 46.0 Å². The summed E-state index contributed by atoms with van der Waals surface area (Å²) >= 11 is 25.8. The molecule has 0 spiro atoms. The van der Waals surface area contributed by atoms with Crippen LogP contribution in [0.4, 0.5) is 0 Å². The molecule has 18 heteroatoms. The first-order valence-electron chi connectivity index (χ1n) is 20.0. The third-order valence-electron chi connectivity index (χ3n) is 11.8. The Morgan fingerprint density at radius 2 is 0.906 bits per heavy atom. The summed E-state index contributed by atoms with van der Waals surface area (Å²) in [6.07, 6.45) is 1.71. The molecule has 0 amide bonds. The Hall–Kier alpha value is -5.45. The fourth-order valence-corrected chi connectivity index (χ4v) is 10.4. The molecule has 5 aromatic carbocycles. The number of benzene rings is 5. The average molecular weight is 964 g/mol. The van der Waals surface area contributed by atoms with Crippen molar-refractivity contribution in [2.24, 2.45) is 0 Å². The van der Waals surface area contributed by atoms with Crippen molar-refractivity contribution in [2.45, 2.75) is 40.5 Å². The van der Waals surface area contributed by atoms with Crippen molar-refractivity contribution >= 4 is 78.4 Å². The summed E-state index contributed by atoms with van der Waals surface area (Å²) in [6.45, 7) is 2.47. The Bertz CT molecular complexity index is 2930. The zero-order valence-corrected chi connectivity index (χ0v) is 37.1. The fraction of sp³-hybridized carbons (Fsp3) is 0.217. The normalized spacial score (nSPS) is 15.2. The molecule has 0 radical (unpaired) electrons. The standard InChI is InChI=1S/2C20H14Cl2NO4.C6H5O3S/c2*21-20(22)18-17-11(1-2-14-19(17)27-9-24-14)5-13-12-7-16-15(25-8-26-16)6-10(12)3-4-23(13)18;7-10(8,9)6-4-2-1-3-5-6/h2*1-2,5-7,20H,3-4,8-9H2;1-5H/q2*+1;-1. The molecule has 0 fully saturated rings. The molecule has 0 unspecified atom stereocenters. The fourth-order valence-electron chi connectivity index (χ4n) is 9.02. The van der Waals surface area contributed by atoms with Crippen LogP contribution < -0.4 is 47.0 Å². The van der Waals surface area contributed by atoms with Gasteiger partial charge in [0.2, 0.25) is 49.9 Å². The summed E-state index contributed by atoms with van der Waals surface area (Å²) in [5.41, 5.74) is 8.45. The van der Waals surface area contributed by atoms with E-state index >= 15 is 0 Å². The number of hydrogen-bond donors (Lipinski definition) is 0. The van der Waals surface area contributed by atoms with Gasteiger partial charge in [0.05, 0.1) is 21.9 Å². The Morgan fingerprint density at radius 3 is 1.31 bits per heavy atom. The minimum absolute atomic E-state index is 0.185. The van der Waals surface area contributed by atoms with Crippen molar-refractivity contribution in [3.8, 4) is 68.5 Å². The van der Waals surface area contributed by atoms with Gasteiger partial charge in [-0.25, -0.2) is 0 Å². The highest BCUT2D eigenvalue weighted by molar-refractivity contribution is 7.92. The molecule has 0 atom stereocenters. The van der Waals surface area contributed by atoms with Gasteiger partial charge >= 0.3 is 0 Å². The first kappa shape index (κ1) is 41.3. The van der Waals surface area contributed by atoms with Crippen LogP contribution in [0.2, 0.25) is 0 Å². The van der Waals surface area contributed by atoms with E-state index in [9.17, 15) is 13.3 Å². The van der Waals surface area contributed by atoms with Gasteiger partial charge in [-0.3, -0.25) is 0 Å². The predicted octanol–water partition coefficient (Wildman–Crippen LogP) is 9.37. The van der Waals surface area contributed by atoms with Gasteiger partial charge in [0.1, 0.15) is 0 Å². The Morgan fingerprint density at radius 1 is 0.500 bits per heavy atom. The maximum Gasteiger partial charge on any atom is 0.231 e. The van der Waals surface area contributed by atoms with Gasteiger partial charge in [-0.2, -0.15) is 9.13 Å². The van der Waals surface area contributed by atoms with E-state index in [0.717, 1.165) is 116 Å². The molecule has 0 N–H and O–H groups in total. The van der Waals surface area contributed by atoms with Crippen LogP contribution in [0, 0.1) is 0 Å². The third kappa shape index (κ3) is 7.12. The minimum atomic E-state index is -4.25. The van der Waals surface area contributed by atoms with E-state index in [-0.39, 0.29) is 32.1 Å². The first-order valence-corrected chi connectivity index (χ1v) is 23.2. The van der Waals surface area contributed by atoms with Gasteiger partial charge in [0.15, 0.2) is 73.7 Å². The molecule has 6 aliphatic rings. The molecule has 13 nitrogen and oxygen atoms in total. The summed E-state index contributed by atoms with van der Waals surface area (Å²) in [4.78, 5) is -1.58. The van der Waals surface area contributed by atoms with E-state index in [4.69, 9.17) is 84.3 Å². The summed E-state index contributed by atoms with van der Waals surface area (Å²) in [5.74, 6) is 6.00. The van der Waals surface area contributed by atoms with Gasteiger partial charge in [0.25, 0.3) is 0 Å². The Labute approximate surface area is 386 Å². The number of nitrogens with zero attached hydrogens (tertiary/aromatic N) is 2. The second-order valence-electron chi connectivity index (χ2n) is 15.3. The van der Waals surface area contributed by atoms with Crippen molar-refractivity contribution in [2.75, 3.05) is 27.2 Å². The molecule has 0 saturated carbocycles. The molecule has 8 heterocycles. The van der Waals surface area contributed by atoms with E-state index in [0.29, 0.717) is 11.5 Å². The van der Waals surface area contributed by atoms with Gasteiger partial charge in [-0.15, -0.1) is 4.21 Å². The summed E-state index contributed by atoms with van der Waals surface area (Å²) in [5, 5.41) is 3.84. The highest BCUT2D eigenvalue weighted by Crippen LogP contribution is 2.48. The molecule has 326 valence electrons. The molecule has 64 heavy (non-hydrogen) atoms. The SMILES string of the molecule is ClC(Cl)c1c2c3c(ccc2cc2[n+]1CCc1cc4c(cc1-2)OCO4)OCO3.ClC(Cl)c1c2c3c(ccc2cc2[n+]1CCc1cc4c(cc1-2)OCO4)OCO3.O=[S+]([O-])([O-])c1ccccc1. The van der Waals surface area contributed by atoms with E-state index < -0.39 is 20.2 Å². The third-order valence-corrected chi connectivity index (χ3v) is 13.5. The van der Waals surface area contributed by atoms with Gasteiger partial charge < -0.3 is 47.0 Å². The molecular weight excluding hydrogens is 930 g/mol. The number of pyridine rings is 2. The van der Waals surface area contributed by atoms with E-state index in [1.165, 1.54) is 35.4 Å². The van der Waals surface area contributed by atoms with Crippen LogP contribution in [0.1, 0.15) is 32.2 Å². The van der Waals surface area contributed by atoms with Gasteiger partial charge in [-0.05, 0) is 82.6 Å². The zero-order chi connectivity index (χ0) is 43.9. The van der Waals surface area contributed by atoms with E-state index in [1.54, 1.807) is 6.07 Å². The molecular formula is C46H33Cl4N2O11S+. The Balaban J connectivity index is 0.000000118. The van der Waals surface area contributed by atoms with Gasteiger partial charge in [0, 0.05) is 35.5 Å². The number of rotatable bonds is 3. The zero-order valence-electron chi connectivity index (χ0n) is 33.3. The van der Waals surface area contributed by atoms with E-state index in [1.807, 2.05) is 36.4 Å². The minimum Gasteiger partial charge on any atom is -0.612 e. The lowest BCUT2D eigenvalue weighted by Crippen LogP contribution is -2.44. The Kier molecular flexibility index (Phi) is 10.5. The number of ether oxygens (including phenoxy) is 8. The van der Waals surface area contributed by atoms with Crippen molar-refractivity contribution in [1.29, 1.82) is 0 Å². The summed E-state index contributed by atoms with van der Waals surface area (Å²) in [7, 11) is -4.25. The van der Waals surface area contributed by atoms with Gasteiger partial charge in [-0.1, -0.05) is 64.6 Å². The highest BCUT2D eigenvalue weighted by atomic mass is 35.5. The summed E-state index contributed by atoms with van der Waals surface area (Å²) in [6, 6.07) is 27.6. The second kappa shape index (κ2) is 16.2. The molecule has 0 bridgehead atoms. The molecule has 6 aliphatic heterocycles. The summed E-state index contributed by atoms with van der Waals surface area (Å²) < 4.78 is 80.0. The lowest BCUT2D eigenvalue weighted by molar-refractivity contribution is -0.693. The molecule has 7 aromatic rings. The monoisotopic (exact) mass is 961 g/mol. The van der Waals surface area contributed by atoms with Crippen molar-refractivity contribution in [3.05, 3.63) is 114 Å². The molecule has 13 rings (SSSR count). The van der Waals surface area contributed by atoms with Crippen molar-refractivity contribution in [1.82, 2.24) is 0 Å². The number of hydrogen-bond acceptors (Lipinski definition) is 11. The second-order valence-corrected chi connectivity index (χ2v) is 18.8. The van der Waals surface area contributed by atoms with Crippen LogP contribution in [0.3, 0.4) is 0 Å². The van der Waals surface area contributed by atoms with Crippen LogP contribution in [0.15, 0.2) is 95.9 Å². The lowest BCUT2D eigenvalue weighted by Gasteiger charge is -2.20. The number of halogens is 4. The topological polar surface area (TPSA) is 145 Å². The largest absolute Gasteiger partial charge is 0.612 e. The van der Waals surface area contributed by atoms with Crippen molar-refractivity contribution in [3.63, 3.8) is 0 Å². The molecule has 0 aliphatic carbocycles. The lowest BCUT2D eigenvalue weighted by atomic mass is 9.94. The average Bonchev–Trinajstić information content (AvgIpc) is 4.14. The van der Waals surface area contributed by atoms with Crippen LogP contribution in [-0.2, 0) is 40.6 Å². The predicted molar refractivity (Wildman–Crippen MR) is 234 cm³/mol. The maximum absolute atomic E-state index is 10.3. The van der Waals surface area contributed by atoms with Crippen LogP contribution >= 0.6 is 46.4 Å². The highest BCUT2D eigenvalue weighted by Gasteiger charge is 2.38. The van der Waals surface area contributed by atoms with Crippen molar-refractivity contribution < 1.29 is 60.3 Å². The molecule has 2 aromatic heterocycles. The van der Waals surface area contributed by atoms with E-state index in [2.05, 4.69) is 33.4 Å². The smallest absolute Gasteiger partial charge is 0.231 e. The number of fused-ring (bicyclic) bond motifs is 14. The quantitative estimate of drug-likeness (QED) is 0.0949. The van der Waals surface area contributed by atoms with Crippen LogP contribution in [-0.4, -0.2) is 36.3 Å². The first-order chi connectivity index (χ1) is 31.0. The molecule has 0 saturated heterocycles.